The average molecular weight is 675 g/mol. The van der Waals surface area contributed by atoms with Gasteiger partial charge in [-0.3, -0.25) is 0 Å². The summed E-state index contributed by atoms with van der Waals surface area (Å²) in [6.45, 7) is 1.60. The maximum atomic E-state index is 2.53. The molecule has 0 amide bonds. The third-order valence-electron chi connectivity index (χ3n) is 12.3. The Bertz CT molecular complexity index is 2820. The lowest BCUT2D eigenvalue weighted by Gasteiger charge is -2.31. The van der Waals surface area contributed by atoms with Gasteiger partial charge in [-0.15, -0.1) is 0 Å². The second-order valence-corrected chi connectivity index (χ2v) is 14.8. The standard InChI is InChI=1S/C51H34N2/c1-7-19-43-35(13-1)36-14-2-8-20-44(36)51(43)45-29-33(31-52-47-21-9-3-15-39(47)40-16-4-10-22-48(40)52)25-27-37(45)38-28-26-34(30-46(38)51)32-53-49-23-11-5-17-41(49)42-18-6-12-24-50(42)53/h1-30H,31-32H2. The largest absolute Gasteiger partial charge is 0.336 e. The molecule has 0 N–H and O–H groups in total. The second-order valence-electron chi connectivity index (χ2n) is 14.8. The van der Waals surface area contributed by atoms with Gasteiger partial charge in [0.1, 0.15) is 0 Å². The van der Waals surface area contributed by atoms with Crippen LogP contribution in [-0.4, -0.2) is 9.13 Å². The highest BCUT2D eigenvalue weighted by atomic mass is 15.0. The van der Waals surface area contributed by atoms with Gasteiger partial charge in [0.05, 0.1) is 5.41 Å². The highest BCUT2D eigenvalue weighted by Gasteiger charge is 2.51. The van der Waals surface area contributed by atoms with E-state index in [4.69, 9.17) is 0 Å². The van der Waals surface area contributed by atoms with Crippen LogP contribution in [0.5, 0.6) is 0 Å². The molecule has 2 aromatic heterocycles. The zero-order valence-electron chi connectivity index (χ0n) is 29.1. The zero-order chi connectivity index (χ0) is 34.7. The van der Waals surface area contributed by atoms with Crippen LogP contribution in [0.3, 0.4) is 0 Å². The zero-order valence-corrected chi connectivity index (χ0v) is 29.1. The minimum atomic E-state index is -0.411. The topological polar surface area (TPSA) is 9.86 Å². The summed E-state index contributed by atoms with van der Waals surface area (Å²) in [5, 5.41) is 5.23. The summed E-state index contributed by atoms with van der Waals surface area (Å²) in [5.41, 5.74) is 18.2. The molecular weight excluding hydrogens is 641 g/mol. The molecule has 0 bridgehead atoms. The van der Waals surface area contributed by atoms with E-state index in [1.807, 2.05) is 0 Å². The van der Waals surface area contributed by atoms with E-state index >= 15 is 0 Å². The predicted molar refractivity (Wildman–Crippen MR) is 220 cm³/mol. The number of hydrogen-bond acceptors (Lipinski definition) is 0. The van der Waals surface area contributed by atoms with Gasteiger partial charge in [0.25, 0.3) is 0 Å². The van der Waals surface area contributed by atoms with E-state index in [9.17, 15) is 0 Å². The van der Waals surface area contributed by atoms with Crippen molar-refractivity contribution in [2.45, 2.75) is 18.5 Å². The molecule has 2 aliphatic rings. The Balaban J connectivity index is 1.08. The molecule has 10 aromatic rings. The van der Waals surface area contributed by atoms with Crippen LogP contribution >= 0.6 is 0 Å². The Labute approximate surface area is 307 Å². The van der Waals surface area contributed by atoms with Crippen LogP contribution in [0, 0.1) is 0 Å². The number of para-hydroxylation sites is 4. The van der Waals surface area contributed by atoms with E-state index in [1.165, 1.54) is 99.2 Å². The fourth-order valence-electron chi connectivity index (χ4n) is 10.1. The van der Waals surface area contributed by atoms with Gasteiger partial charge in [0, 0.05) is 56.7 Å². The normalized spacial score (nSPS) is 13.6. The Morgan fingerprint density at radius 3 is 1.02 bits per heavy atom. The summed E-state index contributed by atoms with van der Waals surface area (Å²) in [6, 6.07) is 68.2. The third kappa shape index (κ3) is 3.82. The molecular formula is C51H34N2. The molecule has 0 fully saturated rings. The van der Waals surface area contributed by atoms with Gasteiger partial charge in [-0.25, -0.2) is 0 Å². The third-order valence-corrected chi connectivity index (χ3v) is 12.3. The van der Waals surface area contributed by atoms with Crippen molar-refractivity contribution in [3.8, 4) is 22.3 Å². The van der Waals surface area contributed by atoms with Crippen LogP contribution in [0.25, 0.3) is 65.9 Å². The van der Waals surface area contributed by atoms with E-state index in [-0.39, 0.29) is 0 Å². The lowest BCUT2D eigenvalue weighted by atomic mass is 9.70. The molecule has 2 heteroatoms. The Morgan fingerprint density at radius 1 is 0.302 bits per heavy atom. The SMILES string of the molecule is c1ccc2c(c1)-c1ccccc1C21c2cc(Cn3c4ccccc4c4ccccc43)ccc2-c2ccc(Cn3c4ccccc4c4ccccc43)cc21. The minimum absolute atomic E-state index is 0.411. The van der Waals surface area contributed by atoms with Crippen molar-refractivity contribution < 1.29 is 0 Å². The van der Waals surface area contributed by atoms with Crippen LogP contribution in [0.2, 0.25) is 0 Å². The molecule has 2 nitrogen and oxygen atoms in total. The van der Waals surface area contributed by atoms with E-state index in [2.05, 4.69) is 191 Å². The first-order valence-electron chi connectivity index (χ1n) is 18.7. The van der Waals surface area contributed by atoms with Crippen LogP contribution < -0.4 is 0 Å². The first kappa shape index (κ1) is 29.0. The molecule has 0 aliphatic heterocycles. The smallest absolute Gasteiger partial charge is 0.0725 e. The Hall–Kier alpha value is -6.64. The van der Waals surface area contributed by atoms with Crippen molar-refractivity contribution in [3.05, 3.63) is 215 Å². The summed E-state index contributed by atoms with van der Waals surface area (Å²) in [7, 11) is 0. The van der Waals surface area contributed by atoms with Gasteiger partial charge in [0.2, 0.25) is 0 Å². The maximum Gasteiger partial charge on any atom is 0.0725 e. The summed E-state index contributed by atoms with van der Waals surface area (Å²) < 4.78 is 5.00. The first-order valence-corrected chi connectivity index (χ1v) is 18.7. The van der Waals surface area contributed by atoms with Crippen LogP contribution in [0.15, 0.2) is 182 Å². The molecule has 0 atom stereocenters. The predicted octanol–water partition coefficient (Wildman–Crippen LogP) is 12.3. The van der Waals surface area contributed by atoms with Crippen LogP contribution in [0.1, 0.15) is 33.4 Å². The molecule has 53 heavy (non-hydrogen) atoms. The fraction of sp³-hybridized carbons (Fsp3) is 0.0588. The number of nitrogens with zero attached hydrogens (tertiary/aromatic N) is 2. The fourth-order valence-corrected chi connectivity index (χ4v) is 10.1. The van der Waals surface area contributed by atoms with Gasteiger partial charge in [-0.05, 0) is 79.9 Å². The summed E-state index contributed by atoms with van der Waals surface area (Å²) in [6.07, 6.45) is 0. The van der Waals surface area contributed by atoms with E-state index in [0.717, 1.165) is 13.1 Å². The van der Waals surface area contributed by atoms with Crippen molar-refractivity contribution >= 4 is 43.6 Å². The quantitative estimate of drug-likeness (QED) is 0.176. The van der Waals surface area contributed by atoms with Gasteiger partial charge in [-0.1, -0.05) is 158 Å². The van der Waals surface area contributed by atoms with Gasteiger partial charge < -0.3 is 9.13 Å². The lowest BCUT2D eigenvalue weighted by molar-refractivity contribution is 0.780. The number of benzene rings is 8. The Morgan fingerprint density at radius 2 is 0.623 bits per heavy atom. The van der Waals surface area contributed by atoms with Crippen molar-refractivity contribution in [1.82, 2.24) is 9.13 Å². The molecule has 8 aromatic carbocycles. The second kappa shape index (κ2) is 10.7. The highest BCUT2D eigenvalue weighted by molar-refractivity contribution is 6.09. The average Bonchev–Trinajstić information content (AvgIpc) is 3.91. The van der Waals surface area contributed by atoms with E-state index in [1.54, 1.807) is 0 Å². The summed E-state index contributed by atoms with van der Waals surface area (Å²) in [5.74, 6) is 0. The molecule has 2 heterocycles. The summed E-state index contributed by atoms with van der Waals surface area (Å²) >= 11 is 0. The maximum absolute atomic E-state index is 2.53. The van der Waals surface area contributed by atoms with Crippen molar-refractivity contribution in [2.75, 3.05) is 0 Å². The minimum Gasteiger partial charge on any atom is -0.336 e. The number of fused-ring (bicyclic) bond motifs is 16. The van der Waals surface area contributed by atoms with Crippen LogP contribution in [0.4, 0.5) is 0 Å². The van der Waals surface area contributed by atoms with Gasteiger partial charge >= 0.3 is 0 Å². The van der Waals surface area contributed by atoms with Crippen molar-refractivity contribution in [2.24, 2.45) is 0 Å². The van der Waals surface area contributed by atoms with E-state index in [0.29, 0.717) is 0 Å². The number of hydrogen-bond donors (Lipinski definition) is 0. The molecule has 12 rings (SSSR count). The molecule has 0 saturated heterocycles. The van der Waals surface area contributed by atoms with Crippen molar-refractivity contribution in [3.63, 3.8) is 0 Å². The molecule has 1 spiro atoms. The van der Waals surface area contributed by atoms with Gasteiger partial charge in [0.15, 0.2) is 0 Å². The Kier molecular flexibility index (Phi) is 5.85. The molecule has 0 saturated carbocycles. The lowest BCUT2D eigenvalue weighted by Crippen LogP contribution is -2.26. The number of rotatable bonds is 4. The van der Waals surface area contributed by atoms with E-state index < -0.39 is 5.41 Å². The molecule has 0 unspecified atom stereocenters. The van der Waals surface area contributed by atoms with Crippen LogP contribution in [-0.2, 0) is 18.5 Å². The highest BCUT2D eigenvalue weighted by Crippen LogP contribution is 2.63. The number of aromatic nitrogens is 2. The molecule has 2 aliphatic carbocycles. The monoisotopic (exact) mass is 674 g/mol. The van der Waals surface area contributed by atoms with Gasteiger partial charge in [-0.2, -0.15) is 0 Å². The first-order chi connectivity index (χ1) is 26.3. The summed E-state index contributed by atoms with van der Waals surface area (Å²) in [4.78, 5) is 0. The molecule has 248 valence electrons. The molecule has 0 radical (unpaired) electrons. The van der Waals surface area contributed by atoms with Crippen molar-refractivity contribution in [1.29, 1.82) is 0 Å².